The van der Waals surface area contributed by atoms with E-state index in [2.05, 4.69) is 54.5 Å². The summed E-state index contributed by atoms with van der Waals surface area (Å²) >= 11 is 0. The third-order valence-electron chi connectivity index (χ3n) is 12.7. The molecule has 9 unspecified atom stereocenters. The van der Waals surface area contributed by atoms with Crippen molar-refractivity contribution in [2.45, 2.75) is 119 Å². The van der Waals surface area contributed by atoms with Crippen LogP contribution in [-0.2, 0) is 4.79 Å². The van der Waals surface area contributed by atoms with Gasteiger partial charge in [0.25, 0.3) is 0 Å². The molecule has 2 nitrogen and oxygen atoms in total. The van der Waals surface area contributed by atoms with Crippen LogP contribution in [0, 0.1) is 50.7 Å². The molecule has 5 fully saturated rings. The first kappa shape index (κ1) is 23.1. The highest BCUT2D eigenvalue weighted by molar-refractivity contribution is 5.86. The number of hydrogen-bond acceptors (Lipinski definition) is 2. The predicted molar refractivity (Wildman–Crippen MR) is 131 cm³/mol. The summed E-state index contributed by atoms with van der Waals surface area (Å²) in [6.07, 6.45) is 14.0. The molecule has 0 aromatic carbocycles. The molecule has 1 N–H and O–H groups in total. The smallest absolute Gasteiger partial charge is 0.138 e. The van der Waals surface area contributed by atoms with Gasteiger partial charge in [0.05, 0.1) is 6.10 Å². The van der Waals surface area contributed by atoms with Crippen LogP contribution in [0.25, 0.3) is 0 Å². The zero-order valence-electron chi connectivity index (χ0n) is 21.9. The van der Waals surface area contributed by atoms with Gasteiger partial charge in [-0.2, -0.15) is 0 Å². The molecular weight excluding hydrogens is 392 g/mol. The molecular formula is C30H48O2. The van der Waals surface area contributed by atoms with E-state index in [9.17, 15) is 9.90 Å². The topological polar surface area (TPSA) is 37.3 Å². The number of carbonyl (C=O) groups excluding carboxylic acids is 1. The average Bonchev–Trinajstić information content (AvgIpc) is 3.30. The molecule has 2 spiro atoms. The van der Waals surface area contributed by atoms with E-state index in [0.29, 0.717) is 34.4 Å². The van der Waals surface area contributed by atoms with Crippen LogP contribution in [0.4, 0.5) is 0 Å². The number of rotatable bonds is 4. The second-order valence-electron chi connectivity index (χ2n) is 14.3. The quantitative estimate of drug-likeness (QED) is 0.464. The lowest BCUT2D eigenvalue weighted by Gasteiger charge is -2.62. The van der Waals surface area contributed by atoms with Gasteiger partial charge in [-0.15, -0.1) is 0 Å². The van der Waals surface area contributed by atoms with E-state index < -0.39 is 0 Å². The maximum atomic E-state index is 12.8. The van der Waals surface area contributed by atoms with Crippen LogP contribution < -0.4 is 0 Å². The van der Waals surface area contributed by atoms with Crippen molar-refractivity contribution in [1.82, 2.24) is 0 Å². The third kappa shape index (κ3) is 2.65. The summed E-state index contributed by atoms with van der Waals surface area (Å²) < 4.78 is 0. The van der Waals surface area contributed by atoms with E-state index >= 15 is 0 Å². The number of aliphatic hydroxyl groups excluding tert-OH is 1. The molecule has 5 rings (SSSR count). The first-order valence-electron chi connectivity index (χ1n) is 13.7. The van der Waals surface area contributed by atoms with Crippen molar-refractivity contribution in [3.63, 3.8) is 0 Å². The molecule has 0 radical (unpaired) electrons. The predicted octanol–water partition coefficient (Wildman–Crippen LogP) is 7.35. The molecule has 0 saturated heterocycles. The lowest BCUT2D eigenvalue weighted by molar-refractivity contribution is -0.157. The van der Waals surface area contributed by atoms with E-state index in [1.165, 1.54) is 44.1 Å². The minimum absolute atomic E-state index is 0.133. The zero-order valence-corrected chi connectivity index (χ0v) is 21.9. The van der Waals surface area contributed by atoms with Crippen LogP contribution in [0.5, 0.6) is 0 Å². The van der Waals surface area contributed by atoms with E-state index in [0.717, 1.165) is 31.6 Å². The molecule has 0 heterocycles. The number of fused-ring (bicyclic) bond motifs is 2. The molecule has 180 valence electrons. The first-order chi connectivity index (χ1) is 14.9. The fourth-order valence-electron chi connectivity index (χ4n) is 11.1. The van der Waals surface area contributed by atoms with Crippen molar-refractivity contribution in [3.05, 3.63) is 11.6 Å². The van der Waals surface area contributed by atoms with Crippen LogP contribution in [0.1, 0.15) is 113 Å². The zero-order chi connectivity index (χ0) is 23.3. The minimum Gasteiger partial charge on any atom is -0.393 e. The Bertz CT molecular complexity index is 836. The Labute approximate surface area is 197 Å². The van der Waals surface area contributed by atoms with Crippen LogP contribution >= 0.6 is 0 Å². The van der Waals surface area contributed by atoms with E-state index in [1.54, 1.807) is 0 Å². The molecule has 5 aliphatic carbocycles. The highest BCUT2D eigenvalue weighted by atomic mass is 16.3. The highest BCUT2D eigenvalue weighted by Crippen LogP contribution is 2.88. The van der Waals surface area contributed by atoms with Gasteiger partial charge in [0.15, 0.2) is 0 Å². The Morgan fingerprint density at radius 3 is 2.38 bits per heavy atom. The summed E-state index contributed by atoms with van der Waals surface area (Å²) in [6.45, 7) is 16.4. The molecule has 0 bridgehead atoms. The summed E-state index contributed by atoms with van der Waals surface area (Å²) in [7, 11) is 0. The SMILES string of the molecule is CC(C)=CCCC(C)C1C(O)CC2(C)C3CCC4C(C)(C)C(=O)CCC45CC35CCC12C. The Balaban J connectivity index is 1.44. The maximum absolute atomic E-state index is 12.8. The van der Waals surface area contributed by atoms with Crippen LogP contribution in [0.2, 0.25) is 0 Å². The Kier molecular flexibility index (Phi) is 5.03. The fourth-order valence-corrected chi connectivity index (χ4v) is 11.1. The maximum Gasteiger partial charge on any atom is 0.138 e. The van der Waals surface area contributed by atoms with Gasteiger partial charge in [0.2, 0.25) is 0 Å². The second-order valence-corrected chi connectivity index (χ2v) is 14.3. The molecule has 9 atom stereocenters. The average molecular weight is 441 g/mol. The Morgan fingerprint density at radius 2 is 1.69 bits per heavy atom. The van der Waals surface area contributed by atoms with Gasteiger partial charge in [0.1, 0.15) is 5.78 Å². The molecule has 5 aliphatic rings. The number of carbonyl (C=O) groups is 1. The molecule has 0 aromatic heterocycles. The Hall–Kier alpha value is -0.630. The van der Waals surface area contributed by atoms with Crippen molar-refractivity contribution in [2.75, 3.05) is 0 Å². The van der Waals surface area contributed by atoms with Crippen molar-refractivity contribution in [3.8, 4) is 0 Å². The van der Waals surface area contributed by atoms with Gasteiger partial charge < -0.3 is 5.11 Å². The number of aliphatic hydroxyl groups is 1. The van der Waals surface area contributed by atoms with Crippen molar-refractivity contribution >= 4 is 5.78 Å². The van der Waals surface area contributed by atoms with Gasteiger partial charge in [-0.05, 0) is 117 Å². The number of hydrogen-bond donors (Lipinski definition) is 1. The summed E-state index contributed by atoms with van der Waals surface area (Å²) in [5, 5.41) is 11.5. The molecule has 0 aromatic rings. The van der Waals surface area contributed by atoms with Gasteiger partial charge in [-0.1, -0.05) is 46.3 Å². The molecule has 5 saturated carbocycles. The lowest BCUT2D eigenvalue weighted by atomic mass is 9.42. The number of allylic oxidation sites excluding steroid dienone is 2. The van der Waals surface area contributed by atoms with Gasteiger partial charge in [-0.3, -0.25) is 4.79 Å². The molecule has 0 amide bonds. The van der Waals surface area contributed by atoms with Crippen molar-refractivity contribution < 1.29 is 9.90 Å². The van der Waals surface area contributed by atoms with Crippen LogP contribution in [0.3, 0.4) is 0 Å². The number of Topliss-reactive ketones (excluding diaryl/α,β-unsaturated/α-hetero) is 1. The lowest BCUT2D eigenvalue weighted by Crippen LogP contribution is -2.57. The molecule has 0 aliphatic heterocycles. The third-order valence-corrected chi connectivity index (χ3v) is 12.7. The minimum atomic E-state index is -0.154. The number of ketones is 1. The second kappa shape index (κ2) is 6.96. The summed E-state index contributed by atoms with van der Waals surface area (Å²) in [6, 6.07) is 0. The van der Waals surface area contributed by atoms with Crippen molar-refractivity contribution in [2.24, 2.45) is 50.7 Å². The van der Waals surface area contributed by atoms with Crippen LogP contribution in [0.15, 0.2) is 11.6 Å². The molecule has 2 heteroatoms. The van der Waals surface area contributed by atoms with E-state index in [-0.39, 0.29) is 22.3 Å². The molecule has 32 heavy (non-hydrogen) atoms. The summed E-state index contributed by atoms with van der Waals surface area (Å²) in [5.41, 5.74) is 2.64. The monoisotopic (exact) mass is 440 g/mol. The normalized spacial score (nSPS) is 51.7. The summed E-state index contributed by atoms with van der Waals surface area (Å²) in [5.74, 6) is 2.83. The van der Waals surface area contributed by atoms with Gasteiger partial charge in [-0.25, -0.2) is 0 Å². The largest absolute Gasteiger partial charge is 0.393 e. The van der Waals surface area contributed by atoms with Crippen molar-refractivity contribution in [1.29, 1.82) is 0 Å². The van der Waals surface area contributed by atoms with Gasteiger partial charge in [0, 0.05) is 11.8 Å². The van der Waals surface area contributed by atoms with Crippen LogP contribution in [-0.4, -0.2) is 17.0 Å². The first-order valence-corrected chi connectivity index (χ1v) is 13.7. The standard InChI is InChI=1S/C30H48O2/c1-19(2)9-8-10-20(3)25-21(31)17-28(7)23-12-11-22-26(4,5)24(32)13-14-29(22)18-30(23,29)16-15-27(25,28)6/h9,20-23,25,31H,8,10-18H2,1-7H3. The fraction of sp³-hybridized carbons (Fsp3) is 0.900. The Morgan fingerprint density at radius 1 is 1.03 bits per heavy atom. The summed E-state index contributed by atoms with van der Waals surface area (Å²) in [4.78, 5) is 12.8. The van der Waals surface area contributed by atoms with Gasteiger partial charge >= 0.3 is 0 Å². The highest BCUT2D eigenvalue weighted by Gasteiger charge is 2.82. The van der Waals surface area contributed by atoms with E-state index in [4.69, 9.17) is 0 Å². The van der Waals surface area contributed by atoms with E-state index in [1.807, 2.05) is 0 Å².